The van der Waals surface area contributed by atoms with Gasteiger partial charge in [-0.05, 0) is 70.1 Å². The van der Waals surface area contributed by atoms with Gasteiger partial charge in [-0.15, -0.1) is 0 Å². The van der Waals surface area contributed by atoms with E-state index >= 15 is 0 Å². The fraction of sp³-hybridized carbons (Fsp3) is 0.933. The molecular formula is C30H42O10. The number of hydrogen-bond donors (Lipinski definition) is 2. The largest absolute Gasteiger partial charge is 0.462 e. The average Bonchev–Trinajstić information content (AvgIpc) is 3.68. The monoisotopic (exact) mass is 562 g/mol. The van der Waals surface area contributed by atoms with E-state index in [-0.39, 0.29) is 68.0 Å². The van der Waals surface area contributed by atoms with E-state index < -0.39 is 33.9 Å². The Morgan fingerprint density at radius 1 is 1.00 bits per heavy atom. The molecule has 8 rings (SSSR count). The molecule has 222 valence electrons. The average molecular weight is 563 g/mol. The van der Waals surface area contributed by atoms with Crippen molar-refractivity contribution >= 4 is 12.3 Å². The van der Waals surface area contributed by atoms with Gasteiger partial charge in [-0.2, -0.15) is 0 Å². The fourth-order valence-electron chi connectivity index (χ4n) is 11.2. The molecule has 0 aromatic heterocycles. The highest BCUT2D eigenvalue weighted by atomic mass is 16.8. The molecule has 0 aromatic rings. The van der Waals surface area contributed by atoms with Crippen LogP contribution in [-0.4, -0.2) is 90.0 Å². The van der Waals surface area contributed by atoms with E-state index in [1.165, 1.54) is 0 Å². The van der Waals surface area contributed by atoms with Crippen LogP contribution in [0, 0.1) is 28.6 Å². The lowest BCUT2D eigenvalue weighted by Gasteiger charge is -2.65. The van der Waals surface area contributed by atoms with Gasteiger partial charge in [0.2, 0.25) is 0 Å². The van der Waals surface area contributed by atoms with E-state index in [9.17, 15) is 19.8 Å². The topological polar surface area (TPSA) is 130 Å². The van der Waals surface area contributed by atoms with Crippen LogP contribution in [0.3, 0.4) is 0 Å². The summed E-state index contributed by atoms with van der Waals surface area (Å²) in [6.07, 6.45) is 6.38. The van der Waals surface area contributed by atoms with Gasteiger partial charge in [-0.3, -0.25) is 4.79 Å². The number of hydrogen-bond acceptors (Lipinski definition) is 10. The molecule has 4 saturated carbocycles. The van der Waals surface area contributed by atoms with Gasteiger partial charge in [0.15, 0.2) is 6.29 Å². The molecule has 8 fully saturated rings. The molecule has 40 heavy (non-hydrogen) atoms. The van der Waals surface area contributed by atoms with Gasteiger partial charge < -0.3 is 43.4 Å². The van der Waals surface area contributed by atoms with Crippen molar-refractivity contribution in [2.24, 2.45) is 28.6 Å². The number of carbonyl (C=O) groups excluding carboxylic acids is 2. The second-order valence-corrected chi connectivity index (χ2v) is 14.3. The van der Waals surface area contributed by atoms with Gasteiger partial charge in [-0.25, -0.2) is 0 Å². The molecule has 0 aromatic carbocycles. The van der Waals surface area contributed by atoms with Crippen molar-refractivity contribution in [1.82, 2.24) is 0 Å². The summed E-state index contributed by atoms with van der Waals surface area (Å²) in [5, 5.41) is 24.8. The van der Waals surface area contributed by atoms with Gasteiger partial charge in [0, 0.05) is 24.2 Å². The van der Waals surface area contributed by atoms with Crippen LogP contribution in [0.2, 0.25) is 0 Å². The Bertz CT molecular complexity index is 1080. The Morgan fingerprint density at radius 2 is 1.85 bits per heavy atom. The molecule has 0 amide bonds. The molecule has 4 aliphatic carbocycles. The Balaban J connectivity index is 1.04. The maximum absolute atomic E-state index is 13.1. The van der Waals surface area contributed by atoms with E-state index in [2.05, 4.69) is 0 Å². The zero-order valence-corrected chi connectivity index (χ0v) is 23.3. The number of esters is 1. The first-order valence-corrected chi connectivity index (χ1v) is 15.4. The van der Waals surface area contributed by atoms with E-state index in [0.29, 0.717) is 45.1 Å². The Labute approximate surface area is 234 Å². The van der Waals surface area contributed by atoms with Crippen molar-refractivity contribution in [3.05, 3.63) is 0 Å². The second kappa shape index (κ2) is 8.71. The second-order valence-electron chi connectivity index (χ2n) is 14.3. The van der Waals surface area contributed by atoms with E-state index in [0.717, 1.165) is 32.0 Å². The third-order valence-electron chi connectivity index (χ3n) is 13.0. The van der Waals surface area contributed by atoms with Crippen LogP contribution >= 0.6 is 0 Å². The van der Waals surface area contributed by atoms with Crippen LogP contribution in [0.1, 0.15) is 77.6 Å². The Hall–Kier alpha value is -1.14. The van der Waals surface area contributed by atoms with Gasteiger partial charge in [0.1, 0.15) is 31.4 Å². The standard InChI is InChI=1S/C30H42O10/c1-17-10-21-24(37-16-36-21)25(39-17)40-18-2-6-26(13-31)19-3-7-27-14-38-28(12-23(32)35-15-28)22(27)5-9-30(27,34)20(19)4-8-29(26,33)11-18/h13,17-22,24-25,33-34H,2-12,14-16H2,1H3/t17-,18-,19-,20+,21+,22-,24+,25-,26-,27-,28+,29-,30-/m0/s1. The van der Waals surface area contributed by atoms with Gasteiger partial charge in [0.05, 0.1) is 48.0 Å². The first-order valence-electron chi connectivity index (χ1n) is 15.4. The number of carbonyl (C=O) groups is 2. The van der Waals surface area contributed by atoms with Gasteiger partial charge in [0.25, 0.3) is 0 Å². The molecule has 13 atom stereocenters. The molecular weight excluding hydrogens is 520 g/mol. The van der Waals surface area contributed by atoms with Crippen molar-refractivity contribution in [3.8, 4) is 0 Å². The predicted octanol–water partition coefficient (Wildman–Crippen LogP) is 2.01. The van der Waals surface area contributed by atoms with Crippen molar-refractivity contribution in [2.45, 2.75) is 125 Å². The third kappa shape index (κ3) is 3.24. The highest BCUT2D eigenvalue weighted by molar-refractivity contribution is 5.73. The lowest BCUT2D eigenvalue weighted by molar-refractivity contribution is -0.288. The SMILES string of the molecule is C[C@H]1C[C@H]2OCO[C@H]2[C@H](O[C@H]2CC[C@]3(C=O)[C@H]4CC[C@]56CO[C@]7(COC(=O)C7)[C@H]5CC[C@]6(O)[C@@H]4CC[C@]3(O)C2)O1. The van der Waals surface area contributed by atoms with Crippen LogP contribution in [0.5, 0.6) is 0 Å². The fourth-order valence-corrected chi connectivity index (χ4v) is 11.2. The normalized spacial score (nSPS) is 58.5. The molecule has 4 saturated heterocycles. The summed E-state index contributed by atoms with van der Waals surface area (Å²) in [4.78, 5) is 25.2. The van der Waals surface area contributed by atoms with Crippen LogP contribution in [0.15, 0.2) is 0 Å². The molecule has 0 bridgehead atoms. The molecule has 4 heterocycles. The maximum atomic E-state index is 13.1. The molecule has 4 aliphatic heterocycles. The summed E-state index contributed by atoms with van der Waals surface area (Å²) in [7, 11) is 0. The quantitative estimate of drug-likeness (QED) is 0.299. The molecule has 10 nitrogen and oxygen atoms in total. The minimum atomic E-state index is -1.20. The lowest BCUT2D eigenvalue weighted by atomic mass is 9.41. The summed E-state index contributed by atoms with van der Waals surface area (Å²) < 4.78 is 35.8. The molecule has 10 heteroatoms. The first kappa shape index (κ1) is 26.5. The van der Waals surface area contributed by atoms with Gasteiger partial charge >= 0.3 is 5.97 Å². The van der Waals surface area contributed by atoms with E-state index in [1.807, 2.05) is 6.92 Å². The third-order valence-corrected chi connectivity index (χ3v) is 13.0. The van der Waals surface area contributed by atoms with Crippen molar-refractivity contribution in [1.29, 1.82) is 0 Å². The highest BCUT2D eigenvalue weighted by Gasteiger charge is 2.77. The lowest BCUT2D eigenvalue weighted by Crippen LogP contribution is -2.69. The number of aliphatic hydroxyl groups is 2. The summed E-state index contributed by atoms with van der Waals surface area (Å²) >= 11 is 0. The molecule has 8 aliphatic rings. The van der Waals surface area contributed by atoms with Crippen molar-refractivity contribution in [3.63, 3.8) is 0 Å². The molecule has 0 unspecified atom stereocenters. The van der Waals surface area contributed by atoms with E-state index in [4.69, 9.17) is 28.4 Å². The summed E-state index contributed by atoms with van der Waals surface area (Å²) in [6.45, 7) is 2.93. The highest BCUT2D eigenvalue weighted by Crippen LogP contribution is 2.73. The number of aldehydes is 1. The molecule has 0 radical (unpaired) electrons. The predicted molar refractivity (Wildman–Crippen MR) is 136 cm³/mol. The van der Waals surface area contributed by atoms with E-state index in [1.54, 1.807) is 0 Å². The number of rotatable bonds is 3. The number of fused-ring (bicyclic) bond motifs is 6. The maximum Gasteiger partial charge on any atom is 0.308 e. The van der Waals surface area contributed by atoms with Crippen molar-refractivity contribution in [2.75, 3.05) is 20.0 Å². The minimum Gasteiger partial charge on any atom is -0.462 e. The summed E-state index contributed by atoms with van der Waals surface area (Å²) in [6, 6.07) is 0. The van der Waals surface area contributed by atoms with Crippen LogP contribution in [0.25, 0.3) is 0 Å². The zero-order valence-electron chi connectivity index (χ0n) is 23.3. The molecule has 2 spiro atoms. The minimum absolute atomic E-state index is 0.0118. The van der Waals surface area contributed by atoms with Crippen LogP contribution < -0.4 is 0 Å². The zero-order chi connectivity index (χ0) is 27.5. The van der Waals surface area contributed by atoms with Crippen molar-refractivity contribution < 1.29 is 48.2 Å². The van der Waals surface area contributed by atoms with Crippen LogP contribution in [-0.2, 0) is 38.0 Å². The Kier molecular flexibility index (Phi) is 5.77. The van der Waals surface area contributed by atoms with Gasteiger partial charge in [-0.1, -0.05) is 0 Å². The smallest absolute Gasteiger partial charge is 0.308 e. The van der Waals surface area contributed by atoms with Crippen LogP contribution in [0.4, 0.5) is 0 Å². The number of cyclic esters (lactones) is 1. The first-order chi connectivity index (χ1) is 19.2. The molecule has 2 N–H and O–H groups in total. The number of ether oxygens (including phenoxy) is 6. The Morgan fingerprint density at radius 3 is 2.65 bits per heavy atom. The summed E-state index contributed by atoms with van der Waals surface area (Å²) in [5.41, 5.74) is -4.18. The summed E-state index contributed by atoms with van der Waals surface area (Å²) in [5.74, 6) is -0.367.